The van der Waals surface area contributed by atoms with Crippen LogP contribution in [0.25, 0.3) is 0 Å². The van der Waals surface area contributed by atoms with Gasteiger partial charge in [-0.15, -0.1) is 23.2 Å². The van der Waals surface area contributed by atoms with Crippen molar-refractivity contribution in [3.63, 3.8) is 0 Å². The molecule has 0 radical (unpaired) electrons. The summed E-state index contributed by atoms with van der Waals surface area (Å²) >= 11 is 12.8. The summed E-state index contributed by atoms with van der Waals surface area (Å²) in [4.78, 5) is 35.9. The third kappa shape index (κ3) is 4.55. The van der Waals surface area contributed by atoms with Crippen molar-refractivity contribution in [2.75, 3.05) is 22.9 Å². The van der Waals surface area contributed by atoms with Gasteiger partial charge in [0.15, 0.2) is 0 Å². The van der Waals surface area contributed by atoms with Crippen LogP contribution in [0, 0.1) is 0 Å². The topological polar surface area (TPSA) is 56.2 Å². The van der Waals surface area contributed by atoms with Gasteiger partial charge < -0.3 is 14.7 Å². The second kappa shape index (κ2) is 10.9. The predicted octanol–water partition coefficient (Wildman–Crippen LogP) is 6.34. The van der Waals surface area contributed by atoms with Gasteiger partial charge >= 0.3 is 0 Å². The molecule has 0 aromatic heterocycles. The Balaban J connectivity index is 1.04. The number of halogens is 2. The minimum absolute atomic E-state index is 0.0766. The van der Waals surface area contributed by atoms with Crippen molar-refractivity contribution in [1.82, 2.24) is 4.90 Å². The number of hydrogen-bond donors (Lipinski definition) is 0. The maximum absolute atomic E-state index is 12.7. The highest BCUT2D eigenvalue weighted by atomic mass is 35.5. The fourth-order valence-corrected chi connectivity index (χ4v) is 6.81. The Morgan fingerprint density at radius 1 is 0.643 bits per heavy atom. The number of benzene rings is 4. The van der Waals surface area contributed by atoms with E-state index in [-0.39, 0.29) is 23.9 Å². The zero-order valence-corrected chi connectivity index (χ0v) is 24.2. The summed E-state index contributed by atoms with van der Waals surface area (Å²) in [6.45, 7) is 2.24. The number of nitrogens with zero attached hydrogens (tertiary/aromatic N) is 4. The highest BCUT2D eigenvalue weighted by molar-refractivity contribution is 6.38. The Morgan fingerprint density at radius 2 is 1.12 bits per heavy atom. The first-order chi connectivity index (χ1) is 20.5. The molecular formula is C34H28Cl2N4O2. The van der Waals surface area contributed by atoms with Gasteiger partial charge in [0.05, 0.1) is 18.6 Å². The van der Waals surface area contributed by atoms with Crippen LogP contribution in [0.15, 0.2) is 114 Å². The molecule has 4 aromatic rings. The summed E-state index contributed by atoms with van der Waals surface area (Å²) in [6, 6.07) is 35.5. The highest BCUT2D eigenvalue weighted by Gasteiger charge is 2.48. The van der Waals surface area contributed by atoms with Crippen LogP contribution >= 0.6 is 23.2 Å². The van der Waals surface area contributed by atoms with Crippen LogP contribution in [0.1, 0.15) is 34.3 Å². The third-order valence-corrected chi connectivity index (χ3v) is 9.11. The van der Waals surface area contributed by atoms with Crippen LogP contribution in [0.5, 0.6) is 0 Å². The van der Waals surface area contributed by atoms with E-state index >= 15 is 0 Å². The van der Waals surface area contributed by atoms with Gasteiger partial charge in [-0.25, -0.2) is 0 Å². The van der Waals surface area contributed by atoms with E-state index in [9.17, 15) is 9.59 Å². The van der Waals surface area contributed by atoms with Gasteiger partial charge in [0.2, 0.25) is 11.8 Å². The maximum Gasteiger partial charge on any atom is 0.248 e. The average Bonchev–Trinajstić information content (AvgIpc) is 3.51. The zero-order valence-electron chi connectivity index (χ0n) is 22.7. The molecule has 42 heavy (non-hydrogen) atoms. The molecule has 4 aromatic carbocycles. The lowest BCUT2D eigenvalue weighted by molar-refractivity contribution is -0.124. The number of hydrogen-bond acceptors (Lipinski definition) is 4. The number of aliphatic imine (C=N–C) groups is 1. The standard InChI is InChI=1S/C34H28Cl2N4O2/c35-28-30(23-7-3-1-4-8-23)39(33(28)41)26-15-11-22(12-16-26)21-38-20-19-37-32(38)25-13-17-27(18-14-25)40-31(29(36)34(40)42)24-9-5-2-6-10-24/h1-18,28-31H,19-21H2. The van der Waals surface area contributed by atoms with Crippen LogP contribution in [0.2, 0.25) is 0 Å². The number of carbonyl (C=O) groups is 2. The molecule has 0 N–H and O–H groups in total. The van der Waals surface area contributed by atoms with Crippen molar-refractivity contribution >= 4 is 52.2 Å². The molecule has 3 aliphatic rings. The Labute approximate surface area is 254 Å². The molecule has 6 nitrogen and oxygen atoms in total. The lowest BCUT2D eigenvalue weighted by atomic mass is 9.92. The summed E-state index contributed by atoms with van der Waals surface area (Å²) in [7, 11) is 0. The first kappa shape index (κ1) is 26.7. The molecule has 7 rings (SSSR count). The second-order valence-electron chi connectivity index (χ2n) is 10.8. The van der Waals surface area contributed by atoms with Crippen LogP contribution in [0.3, 0.4) is 0 Å². The molecule has 0 bridgehead atoms. The van der Waals surface area contributed by atoms with E-state index in [1.165, 1.54) is 0 Å². The van der Waals surface area contributed by atoms with E-state index in [1.54, 1.807) is 9.80 Å². The average molecular weight is 596 g/mol. The van der Waals surface area contributed by atoms with Crippen molar-refractivity contribution in [1.29, 1.82) is 0 Å². The Bertz CT molecular complexity index is 1640. The first-order valence-electron chi connectivity index (χ1n) is 14.0. The number of amidine groups is 1. The van der Waals surface area contributed by atoms with Gasteiger partial charge in [0.1, 0.15) is 16.6 Å². The van der Waals surface area contributed by atoms with Gasteiger partial charge in [0.25, 0.3) is 0 Å². The minimum Gasteiger partial charge on any atom is -0.350 e. The van der Waals surface area contributed by atoms with Crippen LogP contribution in [0.4, 0.5) is 11.4 Å². The SMILES string of the molecule is O=C1C(Cl)C(c2ccccc2)N1c1ccc(CN2CCN=C2c2ccc(N3C(=O)C(Cl)C3c3ccccc3)cc2)cc1. The number of amides is 2. The fourth-order valence-electron chi connectivity index (χ4n) is 6.08. The molecule has 0 spiro atoms. The second-order valence-corrected chi connectivity index (χ2v) is 11.7. The molecule has 4 atom stereocenters. The quantitative estimate of drug-likeness (QED) is 0.185. The van der Waals surface area contributed by atoms with E-state index in [0.29, 0.717) is 6.54 Å². The van der Waals surface area contributed by atoms with Crippen LogP contribution in [-0.2, 0) is 16.1 Å². The summed E-state index contributed by atoms with van der Waals surface area (Å²) in [5, 5.41) is -1.12. The molecule has 3 aliphatic heterocycles. The summed E-state index contributed by atoms with van der Waals surface area (Å²) in [5.74, 6) is 0.771. The summed E-state index contributed by atoms with van der Waals surface area (Å²) in [6.07, 6.45) is 0. The molecular weight excluding hydrogens is 567 g/mol. The number of carbonyl (C=O) groups excluding carboxylic acids is 2. The first-order valence-corrected chi connectivity index (χ1v) is 14.9. The van der Waals surface area contributed by atoms with Crippen molar-refractivity contribution < 1.29 is 9.59 Å². The van der Waals surface area contributed by atoms with Crippen LogP contribution < -0.4 is 9.80 Å². The largest absolute Gasteiger partial charge is 0.350 e. The highest BCUT2D eigenvalue weighted by Crippen LogP contribution is 2.43. The molecule has 2 saturated heterocycles. The normalized spacial score (nSPS) is 23.5. The lowest BCUT2D eigenvalue weighted by Gasteiger charge is -2.44. The van der Waals surface area contributed by atoms with Gasteiger partial charge in [0, 0.05) is 30.0 Å². The minimum atomic E-state index is -0.562. The Kier molecular flexibility index (Phi) is 6.96. The molecule has 8 heteroatoms. The number of alkyl halides is 2. The van der Waals surface area contributed by atoms with E-state index in [1.807, 2.05) is 97.1 Å². The van der Waals surface area contributed by atoms with Gasteiger partial charge in [-0.2, -0.15) is 0 Å². The number of β-lactam (4-membered cyclic amide) rings is 2. The third-order valence-electron chi connectivity index (χ3n) is 8.26. The van der Waals surface area contributed by atoms with Crippen LogP contribution in [-0.4, -0.2) is 46.4 Å². The molecule has 2 amide bonds. The molecule has 4 unspecified atom stereocenters. The zero-order chi connectivity index (χ0) is 28.8. The van der Waals surface area contributed by atoms with Gasteiger partial charge in [-0.1, -0.05) is 72.8 Å². The van der Waals surface area contributed by atoms with E-state index in [4.69, 9.17) is 28.2 Å². The molecule has 3 heterocycles. The van der Waals surface area contributed by atoms with E-state index in [0.717, 1.165) is 52.6 Å². The van der Waals surface area contributed by atoms with Crippen molar-refractivity contribution in [3.05, 3.63) is 131 Å². The monoisotopic (exact) mass is 594 g/mol. The van der Waals surface area contributed by atoms with E-state index < -0.39 is 10.8 Å². The van der Waals surface area contributed by atoms with Gasteiger partial charge in [-0.05, 0) is 53.1 Å². The van der Waals surface area contributed by atoms with Gasteiger partial charge in [-0.3, -0.25) is 14.6 Å². The van der Waals surface area contributed by atoms with E-state index in [2.05, 4.69) is 17.0 Å². The predicted molar refractivity (Wildman–Crippen MR) is 167 cm³/mol. The summed E-state index contributed by atoms with van der Waals surface area (Å²) in [5.41, 5.74) is 5.85. The smallest absolute Gasteiger partial charge is 0.248 e. The van der Waals surface area contributed by atoms with Crippen molar-refractivity contribution in [2.24, 2.45) is 4.99 Å². The molecule has 210 valence electrons. The van der Waals surface area contributed by atoms with Crippen molar-refractivity contribution in [3.8, 4) is 0 Å². The lowest BCUT2D eigenvalue weighted by Crippen LogP contribution is -2.56. The molecule has 0 aliphatic carbocycles. The molecule has 2 fully saturated rings. The summed E-state index contributed by atoms with van der Waals surface area (Å²) < 4.78 is 0. The Hall–Kier alpha value is -4.13. The number of anilines is 2. The number of rotatable bonds is 7. The maximum atomic E-state index is 12.7. The fraction of sp³-hybridized carbons (Fsp3) is 0.206. The van der Waals surface area contributed by atoms with Crippen molar-refractivity contribution in [2.45, 2.75) is 29.4 Å². The molecule has 0 saturated carbocycles. The Morgan fingerprint density at radius 3 is 1.62 bits per heavy atom.